The van der Waals surface area contributed by atoms with E-state index in [9.17, 15) is 0 Å². The quantitative estimate of drug-likeness (QED) is 0.817. The molecule has 106 valence electrons. The van der Waals surface area contributed by atoms with Crippen LogP contribution in [0.4, 0.5) is 0 Å². The maximum atomic E-state index is 5.79. The molecule has 0 aromatic rings. The third-order valence-electron chi connectivity index (χ3n) is 4.20. The first-order valence-corrected chi connectivity index (χ1v) is 7.02. The molecule has 1 aliphatic heterocycles. The van der Waals surface area contributed by atoms with Gasteiger partial charge in [0.15, 0.2) is 5.79 Å². The van der Waals surface area contributed by atoms with E-state index in [1.165, 1.54) is 0 Å². The van der Waals surface area contributed by atoms with Gasteiger partial charge in [-0.1, -0.05) is 13.8 Å². The highest BCUT2D eigenvalue weighted by Crippen LogP contribution is 2.42. The van der Waals surface area contributed by atoms with E-state index in [1.807, 2.05) is 13.8 Å². The van der Waals surface area contributed by atoms with Gasteiger partial charge in [0.05, 0.1) is 18.8 Å². The summed E-state index contributed by atoms with van der Waals surface area (Å²) in [5.74, 6) is -0.421. The first-order valence-electron chi connectivity index (χ1n) is 7.02. The zero-order valence-electron chi connectivity index (χ0n) is 12.3. The van der Waals surface area contributed by atoms with Gasteiger partial charge in [0, 0.05) is 24.6 Å². The molecule has 2 fully saturated rings. The summed E-state index contributed by atoms with van der Waals surface area (Å²) < 4.78 is 17.1. The number of ether oxygens (including phenoxy) is 3. The zero-order chi connectivity index (χ0) is 13.4. The summed E-state index contributed by atoms with van der Waals surface area (Å²) in [6.07, 6.45) is 1.65. The van der Waals surface area contributed by atoms with Gasteiger partial charge in [0.1, 0.15) is 0 Å². The number of rotatable bonds is 5. The van der Waals surface area contributed by atoms with Crippen LogP contribution < -0.4 is 5.32 Å². The van der Waals surface area contributed by atoms with Crippen LogP contribution in [0.1, 0.15) is 41.0 Å². The van der Waals surface area contributed by atoms with Crippen molar-refractivity contribution >= 4 is 0 Å². The molecule has 3 unspecified atom stereocenters. The number of hydrogen-bond donors (Lipinski definition) is 1. The van der Waals surface area contributed by atoms with Crippen molar-refractivity contribution in [2.24, 2.45) is 5.41 Å². The summed E-state index contributed by atoms with van der Waals surface area (Å²) in [4.78, 5) is 0. The van der Waals surface area contributed by atoms with Gasteiger partial charge in [-0.25, -0.2) is 0 Å². The van der Waals surface area contributed by atoms with Crippen molar-refractivity contribution in [3.8, 4) is 0 Å². The molecule has 1 N–H and O–H groups in total. The minimum atomic E-state index is -0.421. The number of nitrogens with one attached hydrogen (secondary N) is 1. The van der Waals surface area contributed by atoms with E-state index in [0.717, 1.165) is 19.6 Å². The fourth-order valence-electron chi connectivity index (χ4n) is 2.85. The second kappa shape index (κ2) is 5.08. The van der Waals surface area contributed by atoms with Crippen molar-refractivity contribution in [2.45, 2.75) is 65.1 Å². The molecule has 4 nitrogen and oxygen atoms in total. The molecule has 1 saturated heterocycles. The van der Waals surface area contributed by atoms with Crippen LogP contribution in [-0.2, 0) is 14.2 Å². The van der Waals surface area contributed by atoms with Gasteiger partial charge in [-0.3, -0.25) is 0 Å². The van der Waals surface area contributed by atoms with Crippen LogP contribution in [0.2, 0.25) is 0 Å². The lowest BCUT2D eigenvalue weighted by molar-refractivity contribution is -0.141. The normalized spacial score (nSPS) is 37.5. The molecular formula is C14H27NO3. The lowest BCUT2D eigenvalue weighted by Gasteiger charge is -2.52. The van der Waals surface area contributed by atoms with Crippen LogP contribution in [0.3, 0.4) is 0 Å². The second-order valence-corrected chi connectivity index (χ2v) is 6.41. The van der Waals surface area contributed by atoms with Crippen LogP contribution in [0.15, 0.2) is 0 Å². The minimum Gasteiger partial charge on any atom is -0.378 e. The lowest BCUT2D eigenvalue weighted by atomic mass is 9.64. The van der Waals surface area contributed by atoms with E-state index in [2.05, 4.69) is 26.1 Å². The van der Waals surface area contributed by atoms with Crippen molar-refractivity contribution < 1.29 is 14.2 Å². The minimum absolute atomic E-state index is 0.168. The van der Waals surface area contributed by atoms with Gasteiger partial charge in [-0.2, -0.15) is 0 Å². The van der Waals surface area contributed by atoms with E-state index >= 15 is 0 Å². The summed E-state index contributed by atoms with van der Waals surface area (Å²) >= 11 is 0. The van der Waals surface area contributed by atoms with E-state index in [-0.39, 0.29) is 11.5 Å². The monoisotopic (exact) mass is 257 g/mol. The highest BCUT2D eigenvalue weighted by atomic mass is 16.7. The van der Waals surface area contributed by atoms with E-state index in [0.29, 0.717) is 18.8 Å². The molecular weight excluding hydrogens is 230 g/mol. The van der Waals surface area contributed by atoms with Crippen LogP contribution in [0, 0.1) is 5.41 Å². The average molecular weight is 257 g/mol. The van der Waals surface area contributed by atoms with Gasteiger partial charge < -0.3 is 19.5 Å². The van der Waals surface area contributed by atoms with Crippen molar-refractivity contribution in [3.63, 3.8) is 0 Å². The van der Waals surface area contributed by atoms with Gasteiger partial charge in [-0.05, 0) is 27.2 Å². The summed E-state index contributed by atoms with van der Waals surface area (Å²) in [5, 5.41) is 3.59. The topological polar surface area (TPSA) is 39.7 Å². The highest BCUT2D eigenvalue weighted by Gasteiger charge is 2.48. The van der Waals surface area contributed by atoms with Crippen LogP contribution in [0.25, 0.3) is 0 Å². The number of hydrogen-bond acceptors (Lipinski definition) is 4. The third-order valence-corrected chi connectivity index (χ3v) is 4.20. The predicted molar refractivity (Wildman–Crippen MR) is 70.5 cm³/mol. The molecule has 3 atom stereocenters. The van der Waals surface area contributed by atoms with Crippen molar-refractivity contribution in [2.75, 3.05) is 19.8 Å². The van der Waals surface area contributed by atoms with Gasteiger partial charge in [0.2, 0.25) is 0 Å². The molecule has 0 spiro atoms. The summed E-state index contributed by atoms with van der Waals surface area (Å²) in [5.41, 5.74) is 0.213. The van der Waals surface area contributed by atoms with Crippen LogP contribution >= 0.6 is 0 Å². The molecule has 0 bridgehead atoms. The Hall–Kier alpha value is -0.160. The Morgan fingerprint density at radius 3 is 2.50 bits per heavy atom. The Kier molecular flexibility index (Phi) is 4.02. The summed E-state index contributed by atoms with van der Waals surface area (Å²) in [6, 6.07) is 0.515. The van der Waals surface area contributed by atoms with Crippen LogP contribution in [0.5, 0.6) is 0 Å². The largest absolute Gasteiger partial charge is 0.378 e. The molecule has 0 amide bonds. The molecule has 4 heteroatoms. The van der Waals surface area contributed by atoms with Crippen LogP contribution in [-0.4, -0.2) is 43.8 Å². The second-order valence-electron chi connectivity index (χ2n) is 6.41. The fraction of sp³-hybridized carbons (Fsp3) is 1.00. The Morgan fingerprint density at radius 1 is 1.28 bits per heavy atom. The Labute approximate surface area is 110 Å². The first-order chi connectivity index (χ1) is 8.35. The molecule has 2 aliphatic rings. The molecule has 1 saturated carbocycles. The lowest BCUT2D eigenvalue weighted by Crippen LogP contribution is -2.61. The molecule has 0 aromatic heterocycles. The Balaban J connectivity index is 1.73. The van der Waals surface area contributed by atoms with Crippen molar-refractivity contribution in [1.29, 1.82) is 0 Å². The molecule has 2 rings (SSSR count). The average Bonchev–Trinajstić information content (AvgIpc) is 2.62. The highest BCUT2D eigenvalue weighted by molar-refractivity contribution is 5.03. The third kappa shape index (κ3) is 2.87. The standard InChI is InChI=1S/C14H27NO3/c1-6-16-12-7-11(13(12,2)3)15-8-10-9-17-14(4,5)18-10/h10-12,15H,6-9H2,1-5H3. The first kappa shape index (κ1) is 14.3. The van der Waals surface area contributed by atoms with Crippen molar-refractivity contribution in [1.82, 2.24) is 5.32 Å². The molecule has 18 heavy (non-hydrogen) atoms. The van der Waals surface area contributed by atoms with Gasteiger partial charge >= 0.3 is 0 Å². The van der Waals surface area contributed by atoms with E-state index < -0.39 is 5.79 Å². The Morgan fingerprint density at radius 2 is 2.00 bits per heavy atom. The van der Waals surface area contributed by atoms with Gasteiger partial charge in [0.25, 0.3) is 0 Å². The predicted octanol–water partition coefficient (Wildman–Crippen LogP) is 1.93. The zero-order valence-corrected chi connectivity index (χ0v) is 12.3. The van der Waals surface area contributed by atoms with E-state index in [4.69, 9.17) is 14.2 Å². The summed E-state index contributed by atoms with van der Waals surface area (Å²) in [6.45, 7) is 12.9. The molecule has 1 heterocycles. The Bertz CT molecular complexity index is 291. The molecule has 0 aromatic carbocycles. The summed E-state index contributed by atoms with van der Waals surface area (Å²) in [7, 11) is 0. The molecule has 0 radical (unpaired) electrons. The maximum absolute atomic E-state index is 5.79. The SMILES string of the molecule is CCOC1CC(NCC2COC(C)(C)O2)C1(C)C. The van der Waals surface area contributed by atoms with Gasteiger partial charge in [-0.15, -0.1) is 0 Å². The smallest absolute Gasteiger partial charge is 0.163 e. The van der Waals surface area contributed by atoms with Crippen molar-refractivity contribution in [3.05, 3.63) is 0 Å². The maximum Gasteiger partial charge on any atom is 0.163 e. The fourth-order valence-corrected chi connectivity index (χ4v) is 2.85. The molecule has 1 aliphatic carbocycles. The van der Waals surface area contributed by atoms with E-state index in [1.54, 1.807) is 0 Å².